The highest BCUT2D eigenvalue weighted by Crippen LogP contribution is 2.44. The number of hydrogen-bond acceptors (Lipinski definition) is 4. The number of carbonyl (C=O) groups excluding carboxylic acids is 1. The number of carbonyl (C=O) groups is 1. The minimum Gasteiger partial charge on any atom is -0.456 e. The Morgan fingerprint density at radius 1 is 1.00 bits per heavy atom. The van der Waals surface area contributed by atoms with E-state index in [1.807, 2.05) is 13.0 Å². The van der Waals surface area contributed by atoms with Crippen LogP contribution in [0.4, 0.5) is 0 Å². The summed E-state index contributed by atoms with van der Waals surface area (Å²) in [4.78, 5) is 22.8. The Bertz CT molecular complexity index is 726. The Labute approximate surface area is 181 Å². The van der Waals surface area contributed by atoms with Gasteiger partial charge in [0.05, 0.1) is 6.42 Å². The van der Waals surface area contributed by atoms with E-state index >= 15 is 0 Å². The van der Waals surface area contributed by atoms with Crippen LogP contribution in [0.3, 0.4) is 0 Å². The smallest absolute Gasteiger partial charge is 0.309 e. The molecule has 0 radical (unpaired) electrons. The Balaban J connectivity index is 1.20. The summed E-state index contributed by atoms with van der Waals surface area (Å²) in [6, 6.07) is 10.4. The topological polar surface area (TPSA) is 44.8 Å². The molecule has 0 N–H and O–H groups in total. The van der Waals surface area contributed by atoms with Crippen LogP contribution >= 0.6 is 0 Å². The summed E-state index contributed by atoms with van der Waals surface area (Å²) in [6.07, 6.45) is 18.8. The third kappa shape index (κ3) is 6.82. The van der Waals surface area contributed by atoms with Gasteiger partial charge in [-0.3, -0.25) is 4.79 Å². The summed E-state index contributed by atoms with van der Waals surface area (Å²) in [6.45, 7) is 4.04. The number of allylic oxidation sites excluding steroid dienone is 3. The Kier molecular flexibility index (Phi) is 8.29. The number of rotatable bonds is 11. The van der Waals surface area contributed by atoms with E-state index in [1.54, 1.807) is 0 Å². The maximum atomic E-state index is 11.6. The molecule has 4 heteroatoms. The molecule has 0 spiro atoms. The molecule has 2 fully saturated rings. The fourth-order valence-corrected chi connectivity index (χ4v) is 4.47. The van der Waals surface area contributed by atoms with Crippen LogP contribution in [-0.4, -0.2) is 23.3 Å². The Morgan fingerprint density at radius 3 is 2.53 bits per heavy atom. The number of ether oxygens (including phenoxy) is 1. The van der Waals surface area contributed by atoms with E-state index in [9.17, 15) is 4.79 Å². The second kappa shape index (κ2) is 10.9. The molecule has 2 heterocycles. The average Bonchev–Trinajstić information content (AvgIpc) is 3.02. The minimum atomic E-state index is -0.534. The first-order chi connectivity index (χ1) is 14.5. The first-order valence-corrected chi connectivity index (χ1v) is 11.4. The highest BCUT2D eigenvalue weighted by atomic mass is 17.2. The highest BCUT2D eigenvalue weighted by molar-refractivity contribution is 5.73. The number of hydrogen-bond donors (Lipinski definition) is 0. The Morgan fingerprint density at radius 2 is 1.73 bits per heavy atom. The second-order valence-corrected chi connectivity index (χ2v) is 9.14. The van der Waals surface area contributed by atoms with Gasteiger partial charge in [0.2, 0.25) is 0 Å². The number of unbranched alkanes of at least 4 members (excludes halogenated alkanes) is 6. The van der Waals surface area contributed by atoms with Crippen molar-refractivity contribution in [3.8, 4) is 0 Å². The van der Waals surface area contributed by atoms with Crippen molar-refractivity contribution < 1.29 is 19.3 Å². The van der Waals surface area contributed by atoms with Crippen molar-refractivity contribution in [3.63, 3.8) is 0 Å². The zero-order chi connectivity index (χ0) is 21.3. The normalized spacial score (nSPS) is 28.9. The molecule has 0 bridgehead atoms. The molecule has 4 nitrogen and oxygen atoms in total. The van der Waals surface area contributed by atoms with Gasteiger partial charge in [0.25, 0.3) is 0 Å². The van der Waals surface area contributed by atoms with Crippen molar-refractivity contribution in [3.05, 3.63) is 54.1 Å². The van der Waals surface area contributed by atoms with Crippen LogP contribution in [-0.2, 0) is 19.3 Å². The third-order valence-electron chi connectivity index (χ3n) is 6.13. The van der Waals surface area contributed by atoms with Crippen LogP contribution in [0, 0.1) is 0 Å². The standard InChI is InChI=1S/C26H36O4/c1-25(21-26(2)23(29-30-25)20-24(27)28-26)19-15-10-8-6-4-3-5-7-9-12-16-22-17-13-11-14-18-22/h7,9,11-14,16-18,23H,3-6,8,10,15,19-21H2,1-2H3/b9-7+,16-12+/t23-,25-,26-/m1/s1. The molecule has 1 aromatic rings. The predicted molar refractivity (Wildman–Crippen MR) is 120 cm³/mol. The molecule has 164 valence electrons. The lowest BCUT2D eigenvalue weighted by molar-refractivity contribution is -0.428. The van der Waals surface area contributed by atoms with Gasteiger partial charge in [0.1, 0.15) is 17.3 Å². The van der Waals surface area contributed by atoms with Crippen molar-refractivity contribution in [1.82, 2.24) is 0 Å². The van der Waals surface area contributed by atoms with Crippen LogP contribution in [0.2, 0.25) is 0 Å². The van der Waals surface area contributed by atoms with Gasteiger partial charge in [-0.1, -0.05) is 86.7 Å². The van der Waals surface area contributed by atoms with Crippen LogP contribution in [0.25, 0.3) is 6.08 Å². The second-order valence-electron chi connectivity index (χ2n) is 9.14. The molecular formula is C26H36O4. The maximum absolute atomic E-state index is 11.6. The molecule has 0 saturated carbocycles. The molecule has 2 saturated heterocycles. The van der Waals surface area contributed by atoms with E-state index in [4.69, 9.17) is 14.5 Å². The average molecular weight is 413 g/mol. The number of esters is 1. The first-order valence-electron chi connectivity index (χ1n) is 11.4. The van der Waals surface area contributed by atoms with Crippen molar-refractivity contribution in [2.45, 2.75) is 95.4 Å². The molecule has 2 aliphatic heterocycles. The van der Waals surface area contributed by atoms with E-state index in [0.29, 0.717) is 12.8 Å². The van der Waals surface area contributed by atoms with Crippen LogP contribution in [0.5, 0.6) is 0 Å². The van der Waals surface area contributed by atoms with Gasteiger partial charge in [0, 0.05) is 6.42 Å². The zero-order valence-electron chi connectivity index (χ0n) is 18.5. The SMILES string of the molecule is C[C@@]1(CCCCCCCC/C=C/C=C/c2ccccc2)C[C@@]2(C)OC(=O)C[C@H]2OO1. The quantitative estimate of drug-likeness (QED) is 0.179. The summed E-state index contributed by atoms with van der Waals surface area (Å²) < 4.78 is 5.52. The van der Waals surface area contributed by atoms with E-state index in [1.165, 1.54) is 37.7 Å². The Hall–Kier alpha value is -1.91. The predicted octanol–water partition coefficient (Wildman–Crippen LogP) is 6.56. The third-order valence-corrected chi connectivity index (χ3v) is 6.13. The molecule has 3 atom stereocenters. The monoisotopic (exact) mass is 412 g/mol. The van der Waals surface area contributed by atoms with E-state index < -0.39 is 5.60 Å². The molecule has 0 unspecified atom stereocenters. The van der Waals surface area contributed by atoms with Gasteiger partial charge in [-0.25, -0.2) is 9.78 Å². The number of fused-ring (bicyclic) bond motifs is 1. The van der Waals surface area contributed by atoms with Gasteiger partial charge in [-0.2, -0.15) is 0 Å². The molecule has 30 heavy (non-hydrogen) atoms. The summed E-state index contributed by atoms with van der Waals surface area (Å²) in [5.41, 5.74) is 0.335. The zero-order valence-corrected chi connectivity index (χ0v) is 18.5. The van der Waals surface area contributed by atoms with Crippen molar-refractivity contribution >= 4 is 12.0 Å². The van der Waals surface area contributed by atoms with E-state index in [-0.39, 0.29) is 17.7 Å². The largest absolute Gasteiger partial charge is 0.456 e. The van der Waals surface area contributed by atoms with Crippen molar-refractivity contribution in [2.75, 3.05) is 0 Å². The van der Waals surface area contributed by atoms with E-state index in [0.717, 1.165) is 19.3 Å². The summed E-state index contributed by atoms with van der Waals surface area (Å²) in [7, 11) is 0. The van der Waals surface area contributed by atoms with Gasteiger partial charge in [0.15, 0.2) is 0 Å². The van der Waals surface area contributed by atoms with Crippen LogP contribution < -0.4 is 0 Å². The van der Waals surface area contributed by atoms with Gasteiger partial charge < -0.3 is 4.74 Å². The molecular weight excluding hydrogens is 376 g/mol. The lowest BCUT2D eigenvalue weighted by Crippen LogP contribution is -2.51. The lowest BCUT2D eigenvalue weighted by atomic mass is 9.82. The summed E-state index contributed by atoms with van der Waals surface area (Å²) >= 11 is 0. The van der Waals surface area contributed by atoms with Crippen LogP contribution in [0.1, 0.15) is 83.6 Å². The molecule has 0 amide bonds. The minimum absolute atomic E-state index is 0.183. The molecule has 0 aromatic heterocycles. The van der Waals surface area contributed by atoms with Gasteiger partial charge in [-0.05, 0) is 38.7 Å². The van der Waals surface area contributed by atoms with Gasteiger partial charge in [-0.15, -0.1) is 0 Å². The van der Waals surface area contributed by atoms with Crippen LogP contribution in [0.15, 0.2) is 48.6 Å². The maximum Gasteiger partial charge on any atom is 0.309 e. The first kappa shape index (κ1) is 22.8. The van der Waals surface area contributed by atoms with Crippen molar-refractivity contribution in [2.24, 2.45) is 0 Å². The number of benzene rings is 1. The lowest BCUT2D eigenvalue weighted by Gasteiger charge is -2.43. The highest BCUT2D eigenvalue weighted by Gasteiger charge is 2.55. The van der Waals surface area contributed by atoms with Gasteiger partial charge >= 0.3 is 5.97 Å². The van der Waals surface area contributed by atoms with E-state index in [2.05, 4.69) is 55.5 Å². The molecule has 1 aromatic carbocycles. The molecule has 2 aliphatic rings. The van der Waals surface area contributed by atoms with Crippen molar-refractivity contribution in [1.29, 1.82) is 0 Å². The fraction of sp³-hybridized carbons (Fsp3) is 0.577. The fourth-order valence-electron chi connectivity index (χ4n) is 4.47. The summed E-state index contributed by atoms with van der Waals surface area (Å²) in [5.74, 6) is -0.183. The molecule has 0 aliphatic carbocycles. The molecule has 3 rings (SSSR count). The summed E-state index contributed by atoms with van der Waals surface area (Å²) in [5, 5.41) is 0.